The molecule has 1 nitrogen and oxygen atoms in total. The molecule has 1 saturated heterocycles. The van der Waals surface area contributed by atoms with Gasteiger partial charge in [-0.2, -0.15) is 0 Å². The number of halogens is 1. The van der Waals surface area contributed by atoms with Gasteiger partial charge in [0.05, 0.1) is 6.33 Å². The lowest BCUT2D eigenvalue weighted by Crippen LogP contribution is -2.32. The lowest BCUT2D eigenvalue weighted by atomic mass is 9.92. The van der Waals surface area contributed by atoms with Gasteiger partial charge in [0.15, 0.2) is 0 Å². The quantitative estimate of drug-likeness (QED) is 0.623. The Bertz CT molecular complexity index is 296. The van der Waals surface area contributed by atoms with Crippen molar-refractivity contribution in [1.29, 1.82) is 0 Å². The van der Waals surface area contributed by atoms with Gasteiger partial charge in [0, 0.05) is 18.8 Å². The van der Waals surface area contributed by atoms with Crippen molar-refractivity contribution in [3.63, 3.8) is 0 Å². The largest absolute Gasteiger partial charge is 0.372 e. The summed E-state index contributed by atoms with van der Waals surface area (Å²) >= 11 is 0. The first-order chi connectivity index (χ1) is 8.27. The maximum absolute atomic E-state index is 11.7. The van der Waals surface area contributed by atoms with Gasteiger partial charge in [0.2, 0.25) is 0 Å². The SMILES string of the molecule is C=CC(=C)N1CCC(CCC=CC=CF)CC1. The maximum Gasteiger partial charge on any atom is 0.0866 e. The molecule has 0 radical (unpaired) electrons. The Morgan fingerprint density at radius 3 is 2.59 bits per heavy atom. The summed E-state index contributed by atoms with van der Waals surface area (Å²) in [6.45, 7) is 9.89. The van der Waals surface area contributed by atoms with Gasteiger partial charge in [-0.25, -0.2) is 4.39 Å². The zero-order valence-electron chi connectivity index (χ0n) is 10.4. The van der Waals surface area contributed by atoms with Crippen molar-refractivity contribution < 1.29 is 4.39 Å². The van der Waals surface area contributed by atoms with Gasteiger partial charge in [0.1, 0.15) is 0 Å². The minimum Gasteiger partial charge on any atom is -0.372 e. The third kappa shape index (κ3) is 5.03. The Kier molecular flexibility index (Phi) is 6.38. The van der Waals surface area contributed by atoms with Gasteiger partial charge in [-0.1, -0.05) is 25.3 Å². The summed E-state index contributed by atoms with van der Waals surface area (Å²) in [4.78, 5) is 2.30. The molecule has 0 N–H and O–H groups in total. The fourth-order valence-electron chi connectivity index (χ4n) is 2.19. The molecule has 0 bridgehead atoms. The fraction of sp³-hybridized carbons (Fsp3) is 0.467. The van der Waals surface area contributed by atoms with Crippen molar-refractivity contribution in [2.45, 2.75) is 25.7 Å². The molecule has 0 atom stereocenters. The molecule has 94 valence electrons. The van der Waals surface area contributed by atoms with E-state index in [-0.39, 0.29) is 0 Å². The average Bonchev–Trinajstić information content (AvgIpc) is 2.38. The highest BCUT2D eigenvalue weighted by Crippen LogP contribution is 2.24. The molecule has 1 fully saturated rings. The summed E-state index contributed by atoms with van der Waals surface area (Å²) in [5.41, 5.74) is 1.04. The van der Waals surface area contributed by atoms with Crippen LogP contribution in [0, 0.1) is 5.92 Å². The molecule has 1 aliphatic rings. The molecule has 1 heterocycles. The molecule has 0 aromatic heterocycles. The number of hydrogen-bond donors (Lipinski definition) is 0. The Hall–Kier alpha value is -1.31. The summed E-state index contributed by atoms with van der Waals surface area (Å²) in [5.74, 6) is 0.794. The van der Waals surface area contributed by atoms with Crippen LogP contribution in [0.4, 0.5) is 4.39 Å². The minimum absolute atomic E-state index is 0.565. The molecule has 0 aliphatic carbocycles. The van der Waals surface area contributed by atoms with Crippen molar-refractivity contribution in [3.8, 4) is 0 Å². The number of likely N-dealkylation sites (tertiary alicyclic amines) is 1. The molecule has 0 aromatic rings. The molecular formula is C15H22FN. The van der Waals surface area contributed by atoms with Gasteiger partial charge < -0.3 is 4.90 Å². The normalized spacial score (nSPS) is 18.1. The number of allylic oxidation sites excluding steroid dienone is 4. The number of nitrogens with zero attached hydrogens (tertiary/aromatic N) is 1. The van der Waals surface area contributed by atoms with Gasteiger partial charge >= 0.3 is 0 Å². The van der Waals surface area contributed by atoms with E-state index in [0.717, 1.165) is 31.1 Å². The van der Waals surface area contributed by atoms with Crippen molar-refractivity contribution in [3.05, 3.63) is 49.5 Å². The molecule has 0 aromatic carbocycles. The van der Waals surface area contributed by atoms with Crippen LogP contribution >= 0.6 is 0 Å². The van der Waals surface area contributed by atoms with E-state index in [0.29, 0.717) is 6.33 Å². The zero-order valence-corrected chi connectivity index (χ0v) is 10.4. The minimum atomic E-state index is 0.565. The predicted molar refractivity (Wildman–Crippen MR) is 72.3 cm³/mol. The second-order valence-electron chi connectivity index (χ2n) is 4.45. The molecule has 0 saturated carbocycles. The van der Waals surface area contributed by atoms with E-state index in [2.05, 4.69) is 18.1 Å². The van der Waals surface area contributed by atoms with Crippen LogP contribution in [-0.2, 0) is 0 Å². The summed E-state index contributed by atoms with van der Waals surface area (Å²) < 4.78 is 11.7. The Balaban J connectivity index is 2.19. The van der Waals surface area contributed by atoms with E-state index in [1.807, 2.05) is 12.2 Å². The van der Waals surface area contributed by atoms with Gasteiger partial charge in [0.25, 0.3) is 0 Å². The van der Waals surface area contributed by atoms with Crippen molar-refractivity contribution in [1.82, 2.24) is 4.90 Å². The molecule has 0 amide bonds. The number of piperidine rings is 1. The molecule has 1 aliphatic heterocycles. The highest BCUT2D eigenvalue weighted by molar-refractivity contribution is 5.10. The maximum atomic E-state index is 11.7. The van der Waals surface area contributed by atoms with E-state index in [1.54, 1.807) is 6.08 Å². The Labute approximate surface area is 104 Å². The highest BCUT2D eigenvalue weighted by Gasteiger charge is 2.18. The van der Waals surface area contributed by atoms with Crippen molar-refractivity contribution >= 4 is 0 Å². The zero-order chi connectivity index (χ0) is 12.5. The third-order valence-electron chi connectivity index (χ3n) is 3.32. The second-order valence-corrected chi connectivity index (χ2v) is 4.45. The Morgan fingerprint density at radius 1 is 1.29 bits per heavy atom. The van der Waals surface area contributed by atoms with Crippen molar-refractivity contribution in [2.75, 3.05) is 13.1 Å². The lowest BCUT2D eigenvalue weighted by molar-refractivity contribution is 0.225. The van der Waals surface area contributed by atoms with Crippen LogP contribution in [0.1, 0.15) is 25.7 Å². The van der Waals surface area contributed by atoms with Gasteiger partial charge in [-0.3, -0.25) is 0 Å². The summed E-state index contributed by atoms with van der Waals surface area (Å²) in [7, 11) is 0. The van der Waals surface area contributed by atoms with Crippen LogP contribution in [0.5, 0.6) is 0 Å². The van der Waals surface area contributed by atoms with E-state index in [1.165, 1.54) is 25.3 Å². The average molecular weight is 235 g/mol. The van der Waals surface area contributed by atoms with Crippen LogP contribution in [-0.4, -0.2) is 18.0 Å². The molecule has 2 heteroatoms. The fourth-order valence-corrected chi connectivity index (χ4v) is 2.19. The van der Waals surface area contributed by atoms with Crippen LogP contribution in [0.25, 0.3) is 0 Å². The molecule has 17 heavy (non-hydrogen) atoms. The van der Waals surface area contributed by atoms with Gasteiger partial charge in [-0.15, -0.1) is 0 Å². The summed E-state index contributed by atoms with van der Waals surface area (Å²) in [5, 5.41) is 0. The van der Waals surface area contributed by atoms with Crippen LogP contribution in [0.3, 0.4) is 0 Å². The summed E-state index contributed by atoms with van der Waals surface area (Å²) in [6, 6.07) is 0. The predicted octanol–water partition coefficient (Wildman–Crippen LogP) is 4.22. The van der Waals surface area contributed by atoms with Crippen LogP contribution in [0.15, 0.2) is 49.5 Å². The Morgan fingerprint density at radius 2 is 2.00 bits per heavy atom. The van der Waals surface area contributed by atoms with Gasteiger partial charge in [-0.05, 0) is 43.8 Å². The van der Waals surface area contributed by atoms with Crippen molar-refractivity contribution in [2.24, 2.45) is 5.92 Å². The molecule has 0 unspecified atom stereocenters. The number of rotatable bonds is 6. The van der Waals surface area contributed by atoms with E-state index in [9.17, 15) is 4.39 Å². The topological polar surface area (TPSA) is 3.24 Å². The second kappa shape index (κ2) is 7.88. The first kappa shape index (κ1) is 13.8. The lowest BCUT2D eigenvalue weighted by Gasteiger charge is -2.33. The third-order valence-corrected chi connectivity index (χ3v) is 3.32. The number of hydrogen-bond acceptors (Lipinski definition) is 1. The first-order valence-corrected chi connectivity index (χ1v) is 6.26. The highest BCUT2D eigenvalue weighted by atomic mass is 19.1. The van der Waals surface area contributed by atoms with E-state index >= 15 is 0 Å². The van der Waals surface area contributed by atoms with E-state index in [4.69, 9.17) is 0 Å². The summed E-state index contributed by atoms with van der Waals surface area (Å²) in [6.07, 6.45) is 12.3. The molecular weight excluding hydrogens is 213 g/mol. The van der Waals surface area contributed by atoms with Crippen LogP contribution in [0.2, 0.25) is 0 Å². The standard InChI is InChI=1S/C15H22FN/c1-3-14(2)17-12-9-15(10-13-17)8-6-4-5-7-11-16/h3-5,7,11,15H,1-2,6,8-10,12-13H2. The first-order valence-electron chi connectivity index (χ1n) is 6.26. The molecule has 1 rings (SSSR count). The van der Waals surface area contributed by atoms with Crippen LogP contribution < -0.4 is 0 Å². The molecule has 0 spiro atoms. The smallest absolute Gasteiger partial charge is 0.0866 e. The monoisotopic (exact) mass is 235 g/mol. The van der Waals surface area contributed by atoms with E-state index < -0.39 is 0 Å².